The van der Waals surface area contributed by atoms with Crippen LogP contribution in [0.3, 0.4) is 0 Å². The Kier molecular flexibility index (Phi) is 5.55. The Morgan fingerprint density at radius 2 is 2.35 bits per heavy atom. The minimum absolute atomic E-state index is 0.0768. The topological polar surface area (TPSA) is 74.2 Å². The number of hydrogen-bond donors (Lipinski definition) is 3. The highest BCUT2D eigenvalue weighted by Gasteiger charge is 2.26. The van der Waals surface area contributed by atoms with Crippen molar-refractivity contribution in [1.82, 2.24) is 10.3 Å². The largest absolute Gasteiger partial charge is 0.396 e. The van der Waals surface area contributed by atoms with Crippen LogP contribution < -0.4 is 10.6 Å². The quantitative estimate of drug-likeness (QED) is 0.702. The van der Waals surface area contributed by atoms with Crippen LogP contribution >= 0.6 is 11.3 Å². The molecule has 0 bridgehead atoms. The molecule has 0 aliphatic heterocycles. The Labute approximate surface area is 123 Å². The van der Waals surface area contributed by atoms with Crippen LogP contribution in [0.2, 0.25) is 0 Å². The lowest BCUT2D eigenvalue weighted by molar-refractivity contribution is 0.0876. The van der Waals surface area contributed by atoms with E-state index in [1.54, 1.807) is 12.3 Å². The van der Waals surface area contributed by atoms with Gasteiger partial charge in [0.05, 0.1) is 6.20 Å². The second kappa shape index (κ2) is 7.40. The second-order valence-electron chi connectivity index (χ2n) is 5.01. The molecule has 110 valence electrons. The SMILES string of the molecule is C=CCNc1ncc(C(=O)N[C@@H]2CCCC[C@@H]2CO)s1. The molecule has 2 atom stereocenters. The average molecular weight is 295 g/mol. The normalized spacial score (nSPS) is 22.2. The van der Waals surface area contributed by atoms with E-state index in [1.165, 1.54) is 11.3 Å². The van der Waals surface area contributed by atoms with E-state index in [-0.39, 0.29) is 24.5 Å². The molecule has 0 spiro atoms. The van der Waals surface area contributed by atoms with E-state index in [0.29, 0.717) is 11.4 Å². The summed E-state index contributed by atoms with van der Waals surface area (Å²) >= 11 is 1.33. The van der Waals surface area contributed by atoms with Crippen molar-refractivity contribution in [2.75, 3.05) is 18.5 Å². The number of carbonyl (C=O) groups is 1. The second-order valence-corrected chi connectivity index (χ2v) is 6.04. The first-order valence-electron chi connectivity index (χ1n) is 6.97. The standard InChI is InChI=1S/C14H21N3O2S/c1-2-7-15-14-16-8-12(20-14)13(19)17-11-6-4-3-5-10(11)9-18/h2,8,10-11,18H,1,3-7,9H2,(H,15,16)(H,17,19)/t10-,11-/m1/s1. The van der Waals surface area contributed by atoms with Crippen molar-refractivity contribution in [3.63, 3.8) is 0 Å². The number of carbonyl (C=O) groups excluding carboxylic acids is 1. The van der Waals surface area contributed by atoms with Crippen LogP contribution in [0, 0.1) is 5.92 Å². The van der Waals surface area contributed by atoms with Crippen molar-refractivity contribution in [3.05, 3.63) is 23.7 Å². The molecule has 1 saturated carbocycles. The van der Waals surface area contributed by atoms with Crippen molar-refractivity contribution in [2.45, 2.75) is 31.7 Å². The molecule has 20 heavy (non-hydrogen) atoms. The summed E-state index contributed by atoms with van der Waals surface area (Å²) in [5, 5.41) is 16.2. The summed E-state index contributed by atoms with van der Waals surface area (Å²) < 4.78 is 0. The number of nitrogens with one attached hydrogen (secondary N) is 2. The molecule has 6 heteroatoms. The Morgan fingerprint density at radius 1 is 1.55 bits per heavy atom. The van der Waals surface area contributed by atoms with E-state index in [4.69, 9.17) is 0 Å². The Balaban J connectivity index is 1.93. The van der Waals surface area contributed by atoms with Crippen molar-refractivity contribution in [1.29, 1.82) is 0 Å². The number of rotatable bonds is 6. The molecule has 1 aliphatic carbocycles. The summed E-state index contributed by atoms with van der Waals surface area (Å²) in [6.45, 7) is 4.39. The lowest BCUT2D eigenvalue weighted by Gasteiger charge is -2.30. The molecule has 1 amide bonds. The molecule has 0 aromatic carbocycles. The Bertz CT molecular complexity index is 461. The van der Waals surface area contributed by atoms with Gasteiger partial charge in [0.1, 0.15) is 4.88 Å². The number of thiazole rings is 1. The fourth-order valence-corrected chi connectivity index (χ4v) is 3.20. The molecule has 3 N–H and O–H groups in total. The summed E-state index contributed by atoms with van der Waals surface area (Å²) in [6.07, 6.45) is 7.49. The van der Waals surface area contributed by atoms with Gasteiger partial charge in [0.2, 0.25) is 0 Å². The first-order chi connectivity index (χ1) is 9.74. The van der Waals surface area contributed by atoms with E-state index in [1.807, 2.05) is 0 Å². The maximum absolute atomic E-state index is 12.2. The van der Waals surface area contributed by atoms with Crippen LogP contribution in [0.1, 0.15) is 35.4 Å². The van der Waals surface area contributed by atoms with Crippen LogP contribution in [0.15, 0.2) is 18.9 Å². The summed E-state index contributed by atoms with van der Waals surface area (Å²) in [5.41, 5.74) is 0. The maximum Gasteiger partial charge on any atom is 0.263 e. The van der Waals surface area contributed by atoms with Gasteiger partial charge in [0.15, 0.2) is 5.13 Å². The third-order valence-corrected chi connectivity index (χ3v) is 4.54. The zero-order chi connectivity index (χ0) is 14.4. The number of amides is 1. The van der Waals surface area contributed by atoms with Gasteiger partial charge < -0.3 is 15.7 Å². The van der Waals surface area contributed by atoms with E-state index in [0.717, 1.165) is 30.8 Å². The van der Waals surface area contributed by atoms with Crippen molar-refractivity contribution < 1.29 is 9.90 Å². The first kappa shape index (κ1) is 15.0. The molecule has 0 radical (unpaired) electrons. The minimum Gasteiger partial charge on any atom is -0.396 e. The van der Waals surface area contributed by atoms with Gasteiger partial charge in [0.25, 0.3) is 5.91 Å². The number of hydrogen-bond acceptors (Lipinski definition) is 5. The fraction of sp³-hybridized carbons (Fsp3) is 0.571. The smallest absolute Gasteiger partial charge is 0.263 e. The molecule has 0 saturated heterocycles. The highest BCUT2D eigenvalue weighted by atomic mass is 32.1. The lowest BCUT2D eigenvalue weighted by atomic mass is 9.85. The van der Waals surface area contributed by atoms with Gasteiger partial charge in [0, 0.05) is 25.1 Å². The summed E-state index contributed by atoms with van der Waals surface area (Å²) in [6, 6.07) is 0.0768. The van der Waals surface area contributed by atoms with Gasteiger partial charge in [-0.25, -0.2) is 4.98 Å². The minimum atomic E-state index is -0.0977. The van der Waals surface area contributed by atoms with Crippen LogP contribution in [0.5, 0.6) is 0 Å². The predicted molar refractivity (Wildman–Crippen MR) is 81.1 cm³/mol. The molecule has 5 nitrogen and oxygen atoms in total. The van der Waals surface area contributed by atoms with E-state index in [2.05, 4.69) is 22.2 Å². The van der Waals surface area contributed by atoms with Crippen LogP contribution in [-0.2, 0) is 0 Å². The van der Waals surface area contributed by atoms with E-state index < -0.39 is 0 Å². The first-order valence-corrected chi connectivity index (χ1v) is 7.78. The van der Waals surface area contributed by atoms with E-state index in [9.17, 15) is 9.90 Å². The Morgan fingerprint density at radius 3 is 3.10 bits per heavy atom. The molecule has 2 rings (SSSR count). The van der Waals surface area contributed by atoms with Gasteiger partial charge in [-0.3, -0.25) is 4.79 Å². The molecular weight excluding hydrogens is 274 g/mol. The predicted octanol–water partition coefficient (Wildman–Crippen LogP) is 2.02. The van der Waals surface area contributed by atoms with Crippen molar-refractivity contribution in [2.24, 2.45) is 5.92 Å². The van der Waals surface area contributed by atoms with Gasteiger partial charge in [-0.15, -0.1) is 6.58 Å². The van der Waals surface area contributed by atoms with Gasteiger partial charge in [-0.05, 0) is 12.8 Å². The summed E-state index contributed by atoms with van der Waals surface area (Å²) in [7, 11) is 0. The maximum atomic E-state index is 12.2. The van der Waals surface area contributed by atoms with Crippen molar-refractivity contribution >= 4 is 22.4 Å². The molecule has 1 aromatic heterocycles. The van der Waals surface area contributed by atoms with Gasteiger partial charge in [-0.1, -0.05) is 30.3 Å². The number of aliphatic hydroxyl groups excluding tert-OH is 1. The molecule has 1 aromatic rings. The third kappa shape index (κ3) is 3.80. The monoisotopic (exact) mass is 295 g/mol. The molecule has 0 unspecified atom stereocenters. The van der Waals surface area contributed by atoms with Crippen LogP contribution in [-0.4, -0.2) is 35.2 Å². The summed E-state index contributed by atoms with van der Waals surface area (Å²) in [4.78, 5) is 16.9. The highest BCUT2D eigenvalue weighted by Crippen LogP contribution is 2.25. The Hall–Kier alpha value is -1.40. The number of aliphatic hydroxyl groups is 1. The summed E-state index contributed by atoms with van der Waals surface area (Å²) in [5.74, 6) is 0.0819. The fourth-order valence-electron chi connectivity index (χ4n) is 2.48. The number of nitrogens with zero attached hydrogens (tertiary/aromatic N) is 1. The lowest BCUT2D eigenvalue weighted by Crippen LogP contribution is -2.43. The zero-order valence-electron chi connectivity index (χ0n) is 11.5. The van der Waals surface area contributed by atoms with E-state index >= 15 is 0 Å². The van der Waals surface area contributed by atoms with Crippen LogP contribution in [0.25, 0.3) is 0 Å². The molecule has 1 aliphatic rings. The van der Waals surface area contributed by atoms with Gasteiger partial charge in [-0.2, -0.15) is 0 Å². The van der Waals surface area contributed by atoms with Crippen LogP contribution in [0.4, 0.5) is 5.13 Å². The molecular formula is C14H21N3O2S. The average Bonchev–Trinajstić information content (AvgIpc) is 2.94. The van der Waals surface area contributed by atoms with Crippen molar-refractivity contribution in [3.8, 4) is 0 Å². The molecule has 1 fully saturated rings. The number of aromatic nitrogens is 1. The van der Waals surface area contributed by atoms with Gasteiger partial charge >= 0.3 is 0 Å². The zero-order valence-corrected chi connectivity index (χ0v) is 12.3. The highest BCUT2D eigenvalue weighted by molar-refractivity contribution is 7.17. The molecule has 1 heterocycles. The third-order valence-electron chi connectivity index (χ3n) is 3.59. The number of anilines is 1.